The maximum Gasteiger partial charge on any atom is 0.217 e. The third-order valence-electron chi connectivity index (χ3n) is 4.46. The van der Waals surface area contributed by atoms with Gasteiger partial charge in [-0.25, -0.2) is 0 Å². The monoisotopic (exact) mass is 260 g/mol. The number of benzene rings is 1. The van der Waals surface area contributed by atoms with E-state index in [4.69, 9.17) is 0 Å². The lowest BCUT2D eigenvalue weighted by atomic mass is 9.71. The molecule has 1 aliphatic rings. The molecule has 0 unspecified atom stereocenters. The van der Waals surface area contributed by atoms with Gasteiger partial charge in [0.05, 0.1) is 5.54 Å². The van der Waals surface area contributed by atoms with Crippen molar-refractivity contribution >= 4 is 5.91 Å². The molecule has 2 rings (SSSR count). The second kappa shape index (κ2) is 5.33. The first kappa shape index (κ1) is 14.1. The van der Waals surface area contributed by atoms with Gasteiger partial charge < -0.3 is 10.2 Å². The molecule has 3 atom stereocenters. The predicted molar refractivity (Wildman–Crippen MR) is 77.8 cm³/mol. The largest absolute Gasteiger partial charge is 0.346 e. The number of nitrogens with zero attached hydrogens (tertiary/aromatic N) is 1. The molecule has 1 amide bonds. The highest BCUT2D eigenvalue weighted by Crippen LogP contribution is 2.39. The molecule has 0 aromatic heterocycles. The zero-order valence-electron chi connectivity index (χ0n) is 12.3. The van der Waals surface area contributed by atoms with Gasteiger partial charge in [0, 0.05) is 19.5 Å². The van der Waals surface area contributed by atoms with Gasteiger partial charge in [-0.3, -0.25) is 4.79 Å². The Morgan fingerprint density at radius 1 is 1.32 bits per heavy atom. The quantitative estimate of drug-likeness (QED) is 0.885. The van der Waals surface area contributed by atoms with Crippen molar-refractivity contribution in [2.75, 3.05) is 13.6 Å². The zero-order chi connectivity index (χ0) is 14.0. The number of nitrogens with one attached hydrogen (secondary N) is 1. The summed E-state index contributed by atoms with van der Waals surface area (Å²) in [7, 11) is 2.16. The zero-order valence-corrected chi connectivity index (χ0v) is 12.3. The first-order valence-corrected chi connectivity index (χ1v) is 7.00. The van der Waals surface area contributed by atoms with Crippen LogP contribution in [0.5, 0.6) is 0 Å². The Balaban J connectivity index is 2.43. The minimum atomic E-state index is -0.237. The molecule has 1 saturated heterocycles. The van der Waals surface area contributed by atoms with Crippen molar-refractivity contribution < 1.29 is 4.79 Å². The summed E-state index contributed by atoms with van der Waals surface area (Å²) < 4.78 is 0. The number of carbonyl (C=O) groups excluding carboxylic acids is 1. The first-order chi connectivity index (χ1) is 8.95. The van der Waals surface area contributed by atoms with Gasteiger partial charge in [-0.15, -0.1) is 0 Å². The van der Waals surface area contributed by atoms with Gasteiger partial charge in [-0.2, -0.15) is 0 Å². The van der Waals surface area contributed by atoms with Crippen LogP contribution in [-0.4, -0.2) is 30.4 Å². The topological polar surface area (TPSA) is 32.3 Å². The summed E-state index contributed by atoms with van der Waals surface area (Å²) in [5.74, 6) is 0.437. The molecule has 1 aliphatic heterocycles. The second-order valence-corrected chi connectivity index (χ2v) is 5.91. The van der Waals surface area contributed by atoms with Crippen molar-refractivity contribution in [3.05, 3.63) is 35.9 Å². The Labute approximate surface area is 116 Å². The summed E-state index contributed by atoms with van der Waals surface area (Å²) in [5, 5.41) is 3.25. The molecular formula is C16H24N2O. The Kier molecular flexibility index (Phi) is 3.95. The van der Waals surface area contributed by atoms with Crippen LogP contribution in [-0.2, 0) is 10.3 Å². The Morgan fingerprint density at radius 2 is 1.95 bits per heavy atom. The summed E-state index contributed by atoms with van der Waals surface area (Å²) >= 11 is 0. The van der Waals surface area contributed by atoms with Crippen LogP contribution < -0.4 is 5.32 Å². The molecular weight excluding hydrogens is 236 g/mol. The molecule has 1 fully saturated rings. The summed E-state index contributed by atoms with van der Waals surface area (Å²) in [6.07, 6.45) is 0.953. The highest BCUT2D eigenvalue weighted by molar-refractivity contribution is 5.74. The lowest BCUT2D eigenvalue weighted by Crippen LogP contribution is -2.59. The van der Waals surface area contributed by atoms with Crippen molar-refractivity contribution in [1.82, 2.24) is 10.2 Å². The molecule has 0 aliphatic carbocycles. The fourth-order valence-corrected chi connectivity index (χ4v) is 3.29. The number of rotatable bonds is 2. The number of carbonyl (C=O) groups is 1. The molecule has 0 bridgehead atoms. The van der Waals surface area contributed by atoms with E-state index in [-0.39, 0.29) is 11.4 Å². The summed E-state index contributed by atoms with van der Waals surface area (Å²) in [4.78, 5) is 14.1. The molecule has 1 heterocycles. The van der Waals surface area contributed by atoms with E-state index in [1.54, 1.807) is 6.92 Å². The molecule has 1 aromatic carbocycles. The third-order valence-corrected chi connectivity index (χ3v) is 4.46. The second-order valence-electron chi connectivity index (χ2n) is 5.91. The van der Waals surface area contributed by atoms with Gasteiger partial charge in [0.2, 0.25) is 5.91 Å². The Bertz CT molecular complexity index is 445. The summed E-state index contributed by atoms with van der Waals surface area (Å²) in [6, 6.07) is 10.8. The molecule has 0 radical (unpaired) electrons. The molecule has 1 aromatic rings. The smallest absolute Gasteiger partial charge is 0.217 e. The molecule has 1 N–H and O–H groups in total. The standard InChI is InChI=1S/C16H24N2O/c1-12-11-18(4)13(2)10-16(12,17-14(3)19)15-8-6-5-7-9-15/h5-9,12-13H,10-11H2,1-4H3,(H,17,19)/t12-,13+,16-/m0/s1. The molecule has 19 heavy (non-hydrogen) atoms. The van der Waals surface area contributed by atoms with Crippen molar-refractivity contribution in [2.24, 2.45) is 5.92 Å². The number of hydrogen-bond donors (Lipinski definition) is 1. The van der Waals surface area contributed by atoms with E-state index in [0.29, 0.717) is 12.0 Å². The lowest BCUT2D eigenvalue weighted by molar-refractivity contribution is -0.123. The highest BCUT2D eigenvalue weighted by Gasteiger charge is 2.44. The van der Waals surface area contributed by atoms with E-state index in [1.807, 2.05) is 6.07 Å². The minimum absolute atomic E-state index is 0.0486. The number of amides is 1. The maximum absolute atomic E-state index is 11.7. The van der Waals surface area contributed by atoms with Crippen LogP contribution in [0.4, 0.5) is 0 Å². The van der Waals surface area contributed by atoms with E-state index in [0.717, 1.165) is 13.0 Å². The first-order valence-electron chi connectivity index (χ1n) is 7.00. The van der Waals surface area contributed by atoms with Crippen LogP contribution in [0.2, 0.25) is 0 Å². The molecule has 0 saturated carbocycles. The number of likely N-dealkylation sites (tertiary alicyclic amines) is 1. The van der Waals surface area contributed by atoms with E-state index >= 15 is 0 Å². The van der Waals surface area contributed by atoms with Crippen molar-refractivity contribution in [1.29, 1.82) is 0 Å². The average molecular weight is 260 g/mol. The van der Waals surface area contributed by atoms with Gasteiger partial charge in [0.15, 0.2) is 0 Å². The van der Waals surface area contributed by atoms with Crippen LogP contribution in [0.25, 0.3) is 0 Å². The van der Waals surface area contributed by atoms with Crippen molar-refractivity contribution in [3.63, 3.8) is 0 Å². The van der Waals surface area contributed by atoms with Crippen LogP contribution in [0.3, 0.4) is 0 Å². The summed E-state index contributed by atoms with van der Waals surface area (Å²) in [5.41, 5.74) is 0.983. The fraction of sp³-hybridized carbons (Fsp3) is 0.562. The molecule has 104 valence electrons. The van der Waals surface area contributed by atoms with Gasteiger partial charge in [0.1, 0.15) is 0 Å². The van der Waals surface area contributed by atoms with E-state index in [9.17, 15) is 4.79 Å². The fourth-order valence-electron chi connectivity index (χ4n) is 3.29. The Morgan fingerprint density at radius 3 is 2.53 bits per heavy atom. The van der Waals surface area contributed by atoms with Crippen molar-refractivity contribution in [3.8, 4) is 0 Å². The molecule has 3 heteroatoms. The van der Waals surface area contributed by atoms with E-state index < -0.39 is 0 Å². The minimum Gasteiger partial charge on any atom is -0.346 e. The van der Waals surface area contributed by atoms with Gasteiger partial charge >= 0.3 is 0 Å². The number of piperidine rings is 1. The third kappa shape index (κ3) is 2.66. The van der Waals surface area contributed by atoms with Crippen LogP contribution >= 0.6 is 0 Å². The van der Waals surface area contributed by atoms with Crippen molar-refractivity contribution in [2.45, 2.75) is 38.8 Å². The van der Waals surface area contributed by atoms with Crippen LogP contribution in [0, 0.1) is 5.92 Å². The highest BCUT2D eigenvalue weighted by atomic mass is 16.1. The molecule has 0 spiro atoms. The van der Waals surface area contributed by atoms with E-state index in [2.05, 4.69) is 55.4 Å². The van der Waals surface area contributed by atoms with Crippen LogP contribution in [0.15, 0.2) is 30.3 Å². The lowest BCUT2D eigenvalue weighted by Gasteiger charge is -2.49. The summed E-state index contributed by atoms with van der Waals surface area (Å²) in [6.45, 7) is 7.06. The Hall–Kier alpha value is -1.35. The van der Waals surface area contributed by atoms with Gasteiger partial charge in [0.25, 0.3) is 0 Å². The number of hydrogen-bond acceptors (Lipinski definition) is 2. The SMILES string of the molecule is CC(=O)N[C@@]1(c2ccccc2)C[C@@H](C)N(C)C[C@@H]1C. The average Bonchev–Trinajstić information content (AvgIpc) is 2.36. The van der Waals surface area contributed by atoms with Gasteiger partial charge in [-0.05, 0) is 31.9 Å². The maximum atomic E-state index is 11.7. The van der Waals surface area contributed by atoms with Crippen LogP contribution in [0.1, 0.15) is 32.8 Å². The van der Waals surface area contributed by atoms with E-state index in [1.165, 1.54) is 5.56 Å². The predicted octanol–water partition coefficient (Wildman–Crippen LogP) is 2.38. The van der Waals surface area contributed by atoms with Gasteiger partial charge in [-0.1, -0.05) is 37.3 Å². The normalized spacial score (nSPS) is 32.0. The molecule has 3 nitrogen and oxygen atoms in total.